The van der Waals surface area contributed by atoms with Gasteiger partial charge in [-0.25, -0.2) is 9.97 Å². The van der Waals surface area contributed by atoms with Crippen LogP contribution in [-0.4, -0.2) is 33.7 Å². The number of nitrogens with zero attached hydrogens (tertiary/aromatic N) is 4. The lowest BCUT2D eigenvalue weighted by molar-refractivity contribution is 0.377. The molecule has 2 heterocycles. The molecule has 2 rings (SSSR count). The molecular formula is C10H13BrN6O. The van der Waals surface area contributed by atoms with Crippen LogP contribution in [-0.2, 0) is 6.42 Å². The van der Waals surface area contributed by atoms with Crippen molar-refractivity contribution < 1.29 is 4.52 Å². The van der Waals surface area contributed by atoms with E-state index in [1.54, 1.807) is 14.0 Å². The van der Waals surface area contributed by atoms with Crippen LogP contribution in [0.25, 0.3) is 0 Å². The average Bonchev–Trinajstić information content (AvgIpc) is 2.77. The Kier molecular flexibility index (Phi) is 4.08. The van der Waals surface area contributed by atoms with Crippen LogP contribution in [0.2, 0.25) is 0 Å². The monoisotopic (exact) mass is 312 g/mol. The molecule has 0 saturated carbocycles. The largest absolute Gasteiger partial charge is 0.372 e. The highest BCUT2D eigenvalue weighted by atomic mass is 79.9. The van der Waals surface area contributed by atoms with Crippen molar-refractivity contribution in [1.29, 1.82) is 0 Å². The molecular weight excluding hydrogens is 300 g/mol. The van der Waals surface area contributed by atoms with E-state index in [4.69, 9.17) is 4.52 Å². The van der Waals surface area contributed by atoms with Crippen LogP contribution in [0.1, 0.15) is 11.7 Å². The zero-order valence-electron chi connectivity index (χ0n) is 10.1. The van der Waals surface area contributed by atoms with Crippen LogP contribution in [0, 0.1) is 6.92 Å². The first-order valence-corrected chi connectivity index (χ1v) is 6.21. The maximum Gasteiger partial charge on any atom is 0.228 e. The summed E-state index contributed by atoms with van der Waals surface area (Å²) in [4.78, 5) is 12.3. The molecule has 0 radical (unpaired) electrons. The molecule has 96 valence electrons. The number of halogens is 1. The van der Waals surface area contributed by atoms with Crippen LogP contribution in [0.4, 0.5) is 11.6 Å². The van der Waals surface area contributed by atoms with E-state index in [9.17, 15) is 0 Å². The Hall–Kier alpha value is -1.70. The SMILES string of the molecule is CNc1ncnc(NCCc2nc(C)no2)c1Br. The Morgan fingerprint density at radius 3 is 2.78 bits per heavy atom. The van der Waals surface area contributed by atoms with Crippen molar-refractivity contribution in [1.82, 2.24) is 20.1 Å². The number of aryl methyl sites for hydroxylation is 1. The molecule has 0 spiro atoms. The first-order valence-electron chi connectivity index (χ1n) is 5.42. The van der Waals surface area contributed by atoms with Gasteiger partial charge in [-0.2, -0.15) is 4.98 Å². The summed E-state index contributed by atoms with van der Waals surface area (Å²) in [5, 5.41) is 9.88. The highest BCUT2D eigenvalue weighted by Gasteiger charge is 2.07. The topological polar surface area (TPSA) is 88.8 Å². The normalized spacial score (nSPS) is 10.4. The fraction of sp³-hybridized carbons (Fsp3) is 0.400. The van der Waals surface area contributed by atoms with Crippen molar-refractivity contribution in [3.05, 3.63) is 22.5 Å². The van der Waals surface area contributed by atoms with Crippen molar-refractivity contribution in [3.63, 3.8) is 0 Å². The Morgan fingerprint density at radius 1 is 1.33 bits per heavy atom. The third kappa shape index (κ3) is 2.95. The lowest BCUT2D eigenvalue weighted by Gasteiger charge is -2.08. The van der Waals surface area contributed by atoms with E-state index in [0.29, 0.717) is 24.7 Å². The Labute approximate surface area is 113 Å². The fourth-order valence-corrected chi connectivity index (χ4v) is 1.94. The molecule has 0 aliphatic carbocycles. The third-order valence-corrected chi connectivity index (χ3v) is 2.98. The number of hydrogen-bond donors (Lipinski definition) is 2. The minimum Gasteiger partial charge on any atom is -0.372 e. The Bertz CT molecular complexity index is 529. The first-order chi connectivity index (χ1) is 8.70. The zero-order chi connectivity index (χ0) is 13.0. The summed E-state index contributed by atoms with van der Waals surface area (Å²) in [5.74, 6) is 2.72. The molecule has 0 bridgehead atoms. The molecule has 0 saturated heterocycles. The van der Waals surface area contributed by atoms with Crippen molar-refractivity contribution in [2.75, 3.05) is 24.2 Å². The van der Waals surface area contributed by atoms with Crippen LogP contribution < -0.4 is 10.6 Å². The van der Waals surface area contributed by atoms with Crippen LogP contribution in [0.15, 0.2) is 15.3 Å². The fourth-order valence-electron chi connectivity index (χ4n) is 1.40. The molecule has 7 nitrogen and oxygen atoms in total. The molecule has 0 aromatic carbocycles. The Morgan fingerprint density at radius 2 is 2.11 bits per heavy atom. The number of anilines is 2. The molecule has 2 aromatic heterocycles. The van der Waals surface area contributed by atoms with E-state index in [0.717, 1.165) is 16.1 Å². The van der Waals surface area contributed by atoms with Crippen molar-refractivity contribution in [3.8, 4) is 0 Å². The van der Waals surface area contributed by atoms with E-state index in [1.165, 1.54) is 6.33 Å². The summed E-state index contributed by atoms with van der Waals surface area (Å²) in [7, 11) is 1.80. The van der Waals surface area contributed by atoms with Gasteiger partial charge in [-0.05, 0) is 22.9 Å². The zero-order valence-corrected chi connectivity index (χ0v) is 11.7. The minimum absolute atomic E-state index is 0.610. The second-order valence-corrected chi connectivity index (χ2v) is 4.34. The molecule has 0 aliphatic heterocycles. The predicted octanol–water partition coefficient (Wildman–Crippen LogP) is 1.63. The molecule has 0 amide bonds. The van der Waals surface area contributed by atoms with Gasteiger partial charge in [0.05, 0.1) is 0 Å². The lowest BCUT2D eigenvalue weighted by Crippen LogP contribution is -2.08. The summed E-state index contributed by atoms with van der Waals surface area (Å²) in [6.45, 7) is 2.45. The van der Waals surface area contributed by atoms with Gasteiger partial charge in [-0.1, -0.05) is 5.16 Å². The molecule has 0 unspecified atom stereocenters. The van der Waals surface area contributed by atoms with Gasteiger partial charge in [-0.3, -0.25) is 0 Å². The summed E-state index contributed by atoms with van der Waals surface area (Å²) < 4.78 is 5.82. The van der Waals surface area contributed by atoms with E-state index in [1.807, 2.05) is 0 Å². The number of aromatic nitrogens is 4. The van der Waals surface area contributed by atoms with Crippen LogP contribution >= 0.6 is 15.9 Å². The van der Waals surface area contributed by atoms with Gasteiger partial charge in [-0.15, -0.1) is 0 Å². The first kappa shape index (κ1) is 12.7. The second kappa shape index (κ2) is 5.76. The standard InChI is InChI=1S/C10H13BrN6O/c1-6-16-7(18-17-6)3-4-13-10-8(11)9(12-2)14-5-15-10/h5H,3-4H2,1-2H3,(H2,12,13,14,15). The summed E-state index contributed by atoms with van der Waals surface area (Å²) in [6, 6.07) is 0. The van der Waals surface area contributed by atoms with Crippen molar-refractivity contribution in [2.45, 2.75) is 13.3 Å². The number of hydrogen-bond acceptors (Lipinski definition) is 7. The second-order valence-electron chi connectivity index (χ2n) is 3.55. The van der Waals surface area contributed by atoms with E-state index < -0.39 is 0 Å². The minimum atomic E-state index is 0.610. The summed E-state index contributed by atoms with van der Waals surface area (Å²) in [6.07, 6.45) is 2.14. The van der Waals surface area contributed by atoms with E-state index in [2.05, 4.69) is 46.7 Å². The molecule has 8 heteroatoms. The van der Waals surface area contributed by atoms with Gasteiger partial charge < -0.3 is 15.2 Å². The molecule has 0 atom stereocenters. The van der Waals surface area contributed by atoms with Crippen LogP contribution in [0.5, 0.6) is 0 Å². The van der Waals surface area contributed by atoms with Gasteiger partial charge >= 0.3 is 0 Å². The van der Waals surface area contributed by atoms with Gasteiger partial charge in [0.2, 0.25) is 5.89 Å². The van der Waals surface area contributed by atoms with Crippen molar-refractivity contribution in [2.24, 2.45) is 0 Å². The van der Waals surface area contributed by atoms with E-state index >= 15 is 0 Å². The highest BCUT2D eigenvalue weighted by Crippen LogP contribution is 2.25. The molecule has 18 heavy (non-hydrogen) atoms. The quantitative estimate of drug-likeness (QED) is 0.867. The molecule has 0 fully saturated rings. The maximum atomic E-state index is 5.02. The predicted molar refractivity (Wildman–Crippen MR) is 70.5 cm³/mol. The smallest absolute Gasteiger partial charge is 0.228 e. The third-order valence-electron chi connectivity index (χ3n) is 2.23. The van der Waals surface area contributed by atoms with Gasteiger partial charge in [0.1, 0.15) is 22.4 Å². The Balaban J connectivity index is 1.94. The maximum absolute atomic E-state index is 5.02. The van der Waals surface area contributed by atoms with E-state index in [-0.39, 0.29) is 0 Å². The lowest BCUT2D eigenvalue weighted by atomic mass is 10.4. The van der Waals surface area contributed by atoms with Gasteiger partial charge in [0, 0.05) is 20.0 Å². The van der Waals surface area contributed by atoms with Gasteiger partial charge in [0.15, 0.2) is 5.82 Å². The average molecular weight is 313 g/mol. The molecule has 0 aliphatic rings. The van der Waals surface area contributed by atoms with Gasteiger partial charge in [0.25, 0.3) is 0 Å². The van der Waals surface area contributed by atoms with Crippen LogP contribution in [0.3, 0.4) is 0 Å². The molecule has 2 N–H and O–H groups in total. The summed E-state index contributed by atoms with van der Waals surface area (Å²) >= 11 is 3.43. The number of rotatable bonds is 5. The highest BCUT2D eigenvalue weighted by molar-refractivity contribution is 9.10. The van der Waals surface area contributed by atoms with Crippen molar-refractivity contribution >= 4 is 27.6 Å². The summed E-state index contributed by atoms with van der Waals surface area (Å²) in [5.41, 5.74) is 0. The number of nitrogens with one attached hydrogen (secondary N) is 2. The molecule has 2 aromatic rings.